The van der Waals surface area contributed by atoms with Crippen LogP contribution in [0.5, 0.6) is 5.75 Å². The summed E-state index contributed by atoms with van der Waals surface area (Å²) >= 11 is 0. The molecule has 1 aromatic carbocycles. The smallest absolute Gasteiger partial charge is 0.223 e. The number of nitrogens with one attached hydrogen (secondary N) is 3. The number of para-hydroxylation sites is 1. The Bertz CT molecular complexity index is 590. The first kappa shape index (κ1) is 19.0. The van der Waals surface area contributed by atoms with Gasteiger partial charge in [-0.3, -0.25) is 4.79 Å². The van der Waals surface area contributed by atoms with E-state index in [9.17, 15) is 9.18 Å². The second kappa shape index (κ2) is 9.86. The van der Waals surface area contributed by atoms with Gasteiger partial charge in [0.2, 0.25) is 5.91 Å². The fourth-order valence-corrected chi connectivity index (χ4v) is 2.21. The molecule has 1 unspecified atom stereocenters. The second-order valence-electron chi connectivity index (χ2n) is 6.07. The van der Waals surface area contributed by atoms with Crippen molar-refractivity contribution in [3.05, 3.63) is 30.1 Å². The molecular formula is C18H27FN4O2. The normalized spacial score (nSPS) is 15.4. The van der Waals surface area contributed by atoms with Crippen LogP contribution in [0.15, 0.2) is 29.3 Å². The molecule has 138 valence electrons. The van der Waals surface area contributed by atoms with E-state index in [1.54, 1.807) is 18.2 Å². The fourth-order valence-electron chi connectivity index (χ4n) is 2.21. The zero-order valence-corrected chi connectivity index (χ0v) is 14.8. The zero-order valence-electron chi connectivity index (χ0n) is 14.8. The van der Waals surface area contributed by atoms with Crippen LogP contribution in [0, 0.1) is 11.7 Å². The molecule has 25 heavy (non-hydrogen) atoms. The van der Waals surface area contributed by atoms with Gasteiger partial charge in [-0.05, 0) is 38.8 Å². The second-order valence-corrected chi connectivity index (χ2v) is 6.07. The standard InChI is InChI=1S/C18H27FN4O2/c1-3-20-18(22-11-10-21-17(24)14-8-9-14)23-12-13(2)25-16-7-5-4-6-15(16)19/h4-7,13-14H,3,8-12H2,1-2H3,(H,21,24)(H2,20,22,23). The van der Waals surface area contributed by atoms with Crippen LogP contribution in [0.3, 0.4) is 0 Å². The first-order chi connectivity index (χ1) is 12.1. The molecule has 0 saturated heterocycles. The third-order valence-corrected chi connectivity index (χ3v) is 3.68. The summed E-state index contributed by atoms with van der Waals surface area (Å²) in [5, 5.41) is 9.19. The molecule has 0 spiro atoms. The highest BCUT2D eigenvalue weighted by Crippen LogP contribution is 2.28. The first-order valence-corrected chi connectivity index (χ1v) is 8.81. The van der Waals surface area contributed by atoms with E-state index < -0.39 is 0 Å². The Morgan fingerprint density at radius 3 is 2.68 bits per heavy atom. The molecule has 0 aliphatic heterocycles. The number of carbonyl (C=O) groups is 1. The van der Waals surface area contributed by atoms with E-state index in [1.807, 2.05) is 13.8 Å². The largest absolute Gasteiger partial charge is 0.486 e. The van der Waals surface area contributed by atoms with Crippen LogP contribution in [-0.4, -0.2) is 44.1 Å². The molecule has 0 bridgehead atoms. The molecule has 0 aromatic heterocycles. The molecule has 0 radical (unpaired) electrons. The Morgan fingerprint density at radius 2 is 2.00 bits per heavy atom. The summed E-state index contributed by atoms with van der Waals surface area (Å²) in [5.41, 5.74) is 0. The van der Waals surface area contributed by atoms with Gasteiger partial charge in [-0.15, -0.1) is 0 Å². The SMILES string of the molecule is CCNC(=NCC(C)Oc1ccccc1F)NCCNC(=O)C1CC1. The van der Waals surface area contributed by atoms with Crippen molar-refractivity contribution in [2.45, 2.75) is 32.8 Å². The lowest BCUT2D eigenvalue weighted by molar-refractivity contribution is -0.122. The number of ether oxygens (including phenoxy) is 1. The van der Waals surface area contributed by atoms with Gasteiger partial charge in [-0.25, -0.2) is 9.38 Å². The molecule has 1 aromatic rings. The molecule has 3 N–H and O–H groups in total. The Kier molecular flexibility index (Phi) is 7.50. The predicted octanol–water partition coefficient (Wildman–Crippen LogP) is 1.67. The lowest BCUT2D eigenvalue weighted by atomic mass is 10.3. The summed E-state index contributed by atoms with van der Waals surface area (Å²) in [7, 11) is 0. The van der Waals surface area contributed by atoms with E-state index >= 15 is 0 Å². The van der Waals surface area contributed by atoms with Crippen LogP contribution >= 0.6 is 0 Å². The van der Waals surface area contributed by atoms with Crippen LogP contribution in [0.4, 0.5) is 4.39 Å². The minimum Gasteiger partial charge on any atom is -0.486 e. The average Bonchev–Trinajstić information content (AvgIpc) is 3.43. The van der Waals surface area contributed by atoms with Crippen LogP contribution in [0.2, 0.25) is 0 Å². The molecule has 1 amide bonds. The van der Waals surface area contributed by atoms with Gasteiger partial charge in [0.25, 0.3) is 0 Å². The summed E-state index contributed by atoms with van der Waals surface area (Å²) in [6.45, 7) is 6.08. The number of hydrogen-bond donors (Lipinski definition) is 3. The third-order valence-electron chi connectivity index (χ3n) is 3.68. The summed E-state index contributed by atoms with van der Waals surface area (Å²) in [6, 6.07) is 6.32. The quantitative estimate of drug-likeness (QED) is 0.360. The van der Waals surface area contributed by atoms with Crippen LogP contribution in [0.25, 0.3) is 0 Å². The van der Waals surface area contributed by atoms with Gasteiger partial charge in [0.1, 0.15) is 6.10 Å². The van der Waals surface area contributed by atoms with Gasteiger partial charge in [-0.1, -0.05) is 12.1 Å². The fraction of sp³-hybridized carbons (Fsp3) is 0.556. The third kappa shape index (κ3) is 6.99. The topological polar surface area (TPSA) is 74.8 Å². The number of rotatable bonds is 9. The molecule has 2 rings (SSSR count). The molecule has 7 heteroatoms. The minimum absolute atomic E-state index is 0.135. The van der Waals surface area contributed by atoms with E-state index in [0.717, 1.165) is 19.4 Å². The van der Waals surface area contributed by atoms with Gasteiger partial charge >= 0.3 is 0 Å². The number of hydrogen-bond acceptors (Lipinski definition) is 3. The van der Waals surface area contributed by atoms with Gasteiger partial charge in [0, 0.05) is 25.6 Å². The Balaban J connectivity index is 1.73. The zero-order chi connectivity index (χ0) is 18.1. The Morgan fingerprint density at radius 1 is 1.28 bits per heavy atom. The summed E-state index contributed by atoms with van der Waals surface area (Å²) < 4.78 is 19.2. The van der Waals surface area contributed by atoms with Crippen molar-refractivity contribution in [3.8, 4) is 5.75 Å². The van der Waals surface area contributed by atoms with Crippen molar-refractivity contribution in [1.29, 1.82) is 0 Å². The number of benzene rings is 1. The number of amides is 1. The molecule has 1 atom stereocenters. The van der Waals surface area contributed by atoms with E-state index in [2.05, 4.69) is 20.9 Å². The lowest BCUT2D eigenvalue weighted by Gasteiger charge is -2.15. The van der Waals surface area contributed by atoms with E-state index in [0.29, 0.717) is 25.6 Å². The van der Waals surface area contributed by atoms with Crippen LogP contribution in [-0.2, 0) is 4.79 Å². The highest BCUT2D eigenvalue weighted by molar-refractivity contribution is 5.81. The van der Waals surface area contributed by atoms with Crippen molar-refractivity contribution in [3.63, 3.8) is 0 Å². The number of halogens is 1. The van der Waals surface area contributed by atoms with E-state index in [1.165, 1.54) is 6.07 Å². The maximum Gasteiger partial charge on any atom is 0.223 e. The van der Waals surface area contributed by atoms with Crippen LogP contribution in [0.1, 0.15) is 26.7 Å². The molecule has 1 aliphatic carbocycles. The Labute approximate surface area is 148 Å². The number of nitrogens with zero attached hydrogens (tertiary/aromatic N) is 1. The maximum absolute atomic E-state index is 13.6. The lowest BCUT2D eigenvalue weighted by Crippen LogP contribution is -2.42. The van der Waals surface area contributed by atoms with E-state index in [-0.39, 0.29) is 29.5 Å². The molecule has 0 heterocycles. The molecule has 1 saturated carbocycles. The van der Waals surface area contributed by atoms with Crippen molar-refractivity contribution in [2.75, 3.05) is 26.2 Å². The van der Waals surface area contributed by atoms with Crippen molar-refractivity contribution < 1.29 is 13.9 Å². The predicted molar refractivity (Wildman–Crippen MR) is 96.2 cm³/mol. The monoisotopic (exact) mass is 350 g/mol. The van der Waals surface area contributed by atoms with Crippen LogP contribution < -0.4 is 20.7 Å². The number of aliphatic imine (C=N–C) groups is 1. The molecule has 1 fully saturated rings. The summed E-state index contributed by atoms with van der Waals surface area (Å²) in [6.07, 6.45) is 1.74. The van der Waals surface area contributed by atoms with Crippen molar-refractivity contribution >= 4 is 11.9 Å². The van der Waals surface area contributed by atoms with Gasteiger partial charge in [-0.2, -0.15) is 0 Å². The van der Waals surface area contributed by atoms with Crippen molar-refractivity contribution in [2.24, 2.45) is 10.9 Å². The highest BCUT2D eigenvalue weighted by atomic mass is 19.1. The minimum atomic E-state index is -0.380. The van der Waals surface area contributed by atoms with Crippen molar-refractivity contribution in [1.82, 2.24) is 16.0 Å². The summed E-state index contributed by atoms with van der Waals surface area (Å²) in [4.78, 5) is 16.0. The maximum atomic E-state index is 13.6. The first-order valence-electron chi connectivity index (χ1n) is 8.81. The number of guanidine groups is 1. The molecule has 1 aliphatic rings. The summed E-state index contributed by atoms with van der Waals surface area (Å²) in [5.74, 6) is 0.849. The number of carbonyl (C=O) groups excluding carboxylic acids is 1. The molecule has 6 nitrogen and oxygen atoms in total. The van der Waals surface area contributed by atoms with Gasteiger partial charge in [0.05, 0.1) is 6.54 Å². The Hall–Kier alpha value is -2.31. The van der Waals surface area contributed by atoms with Gasteiger partial charge < -0.3 is 20.7 Å². The highest BCUT2D eigenvalue weighted by Gasteiger charge is 2.28. The molecular weight excluding hydrogens is 323 g/mol. The average molecular weight is 350 g/mol. The van der Waals surface area contributed by atoms with E-state index in [4.69, 9.17) is 4.74 Å². The van der Waals surface area contributed by atoms with Gasteiger partial charge in [0.15, 0.2) is 17.5 Å².